The standard InChI is InChI=1S/C22H28N2O3S/c1-2-24-17-22(18-27-20-10-6-7-11-21(20)28(24,25)26)12-14-23(15-13-22)16-19-8-4-3-5-9-19/h3-11H,2,12-18H2,1H3. The Morgan fingerprint density at radius 1 is 1.00 bits per heavy atom. The average molecular weight is 401 g/mol. The molecule has 1 fully saturated rings. The number of sulfonamides is 1. The Kier molecular flexibility index (Phi) is 5.45. The van der Waals surface area contributed by atoms with Crippen molar-refractivity contribution in [2.75, 3.05) is 32.8 Å². The van der Waals surface area contributed by atoms with Gasteiger partial charge in [-0.15, -0.1) is 0 Å². The number of hydrogen-bond acceptors (Lipinski definition) is 4. The first kappa shape index (κ1) is 19.4. The molecule has 28 heavy (non-hydrogen) atoms. The summed E-state index contributed by atoms with van der Waals surface area (Å²) in [5.74, 6) is 0.478. The van der Waals surface area contributed by atoms with Crippen LogP contribution in [-0.4, -0.2) is 50.4 Å². The lowest BCUT2D eigenvalue weighted by molar-refractivity contribution is 0.0333. The summed E-state index contributed by atoms with van der Waals surface area (Å²) in [6.45, 7) is 6.34. The van der Waals surface area contributed by atoms with Crippen LogP contribution >= 0.6 is 0 Å². The summed E-state index contributed by atoms with van der Waals surface area (Å²) in [7, 11) is -3.54. The molecule has 0 N–H and O–H groups in total. The first-order valence-corrected chi connectivity index (χ1v) is 11.4. The summed E-state index contributed by atoms with van der Waals surface area (Å²) in [5.41, 5.74) is 1.18. The van der Waals surface area contributed by atoms with Crippen LogP contribution in [0.4, 0.5) is 0 Å². The molecule has 4 rings (SSSR count). The number of benzene rings is 2. The molecular weight excluding hydrogens is 372 g/mol. The number of hydrogen-bond donors (Lipinski definition) is 0. The van der Waals surface area contributed by atoms with Gasteiger partial charge in [-0.25, -0.2) is 8.42 Å². The summed E-state index contributed by atoms with van der Waals surface area (Å²) >= 11 is 0. The third kappa shape index (κ3) is 3.81. The van der Waals surface area contributed by atoms with E-state index in [1.54, 1.807) is 22.5 Å². The molecule has 5 nitrogen and oxygen atoms in total. The van der Waals surface area contributed by atoms with Crippen molar-refractivity contribution in [1.82, 2.24) is 9.21 Å². The molecule has 2 aliphatic rings. The van der Waals surface area contributed by atoms with Crippen molar-refractivity contribution in [1.29, 1.82) is 0 Å². The summed E-state index contributed by atoms with van der Waals surface area (Å²) in [4.78, 5) is 2.74. The zero-order valence-electron chi connectivity index (χ0n) is 16.4. The molecule has 1 spiro atoms. The van der Waals surface area contributed by atoms with E-state index in [0.717, 1.165) is 32.5 Å². The highest BCUT2D eigenvalue weighted by Crippen LogP contribution is 2.39. The molecule has 0 aliphatic carbocycles. The van der Waals surface area contributed by atoms with Crippen LogP contribution in [0.1, 0.15) is 25.3 Å². The van der Waals surface area contributed by atoms with Gasteiger partial charge < -0.3 is 4.74 Å². The fraction of sp³-hybridized carbons (Fsp3) is 0.455. The molecule has 0 atom stereocenters. The zero-order valence-corrected chi connectivity index (χ0v) is 17.2. The van der Waals surface area contributed by atoms with Gasteiger partial charge in [-0.1, -0.05) is 49.4 Å². The fourth-order valence-electron chi connectivity index (χ4n) is 4.27. The summed E-state index contributed by atoms with van der Waals surface area (Å²) in [5, 5.41) is 0. The van der Waals surface area contributed by atoms with E-state index in [1.807, 2.05) is 19.1 Å². The number of piperidine rings is 1. The second kappa shape index (κ2) is 7.85. The highest BCUT2D eigenvalue weighted by Gasteiger charge is 2.42. The lowest BCUT2D eigenvalue weighted by Gasteiger charge is -2.44. The third-order valence-corrected chi connectivity index (χ3v) is 7.99. The molecule has 0 aromatic heterocycles. The van der Waals surface area contributed by atoms with E-state index < -0.39 is 10.0 Å². The van der Waals surface area contributed by atoms with Crippen LogP contribution in [0.3, 0.4) is 0 Å². The van der Waals surface area contributed by atoms with Crippen LogP contribution in [0, 0.1) is 5.41 Å². The van der Waals surface area contributed by atoms with E-state index in [-0.39, 0.29) is 10.3 Å². The average Bonchev–Trinajstić information content (AvgIpc) is 2.72. The number of para-hydroxylation sites is 1. The van der Waals surface area contributed by atoms with E-state index >= 15 is 0 Å². The smallest absolute Gasteiger partial charge is 0.246 e. The number of fused-ring (bicyclic) bond motifs is 1. The molecule has 0 bridgehead atoms. The Hall–Kier alpha value is -1.89. The number of ether oxygens (including phenoxy) is 1. The molecule has 0 unspecified atom stereocenters. The van der Waals surface area contributed by atoms with Gasteiger partial charge in [-0.2, -0.15) is 4.31 Å². The van der Waals surface area contributed by atoms with Crippen molar-refractivity contribution in [3.8, 4) is 5.75 Å². The normalized spacial score (nSPS) is 22.0. The first-order chi connectivity index (χ1) is 13.5. The Balaban J connectivity index is 1.53. The van der Waals surface area contributed by atoms with Gasteiger partial charge in [0.2, 0.25) is 10.0 Å². The van der Waals surface area contributed by atoms with E-state index in [4.69, 9.17) is 4.74 Å². The highest BCUT2D eigenvalue weighted by molar-refractivity contribution is 7.89. The van der Waals surface area contributed by atoms with Gasteiger partial charge in [-0.05, 0) is 43.6 Å². The highest BCUT2D eigenvalue weighted by atomic mass is 32.2. The van der Waals surface area contributed by atoms with Crippen molar-refractivity contribution in [2.45, 2.75) is 31.2 Å². The van der Waals surface area contributed by atoms with Crippen LogP contribution in [0.15, 0.2) is 59.5 Å². The molecule has 6 heteroatoms. The third-order valence-electron chi connectivity index (χ3n) is 6.03. The molecule has 0 saturated carbocycles. The Labute approximate surface area is 168 Å². The lowest BCUT2D eigenvalue weighted by Crippen LogP contribution is -2.51. The van der Waals surface area contributed by atoms with Gasteiger partial charge in [0.25, 0.3) is 0 Å². The quantitative estimate of drug-likeness (QED) is 0.793. The summed E-state index contributed by atoms with van der Waals surface area (Å²) < 4.78 is 34.1. The largest absolute Gasteiger partial charge is 0.492 e. The van der Waals surface area contributed by atoms with Crippen LogP contribution in [0.25, 0.3) is 0 Å². The predicted molar refractivity (Wildman–Crippen MR) is 110 cm³/mol. The number of likely N-dealkylation sites (tertiary alicyclic amines) is 1. The molecule has 2 aliphatic heterocycles. The van der Waals surface area contributed by atoms with Gasteiger partial charge in [0.05, 0.1) is 6.61 Å². The molecule has 2 aromatic rings. The topological polar surface area (TPSA) is 49.9 Å². The Bertz CT molecular complexity index is 906. The van der Waals surface area contributed by atoms with Crippen molar-refractivity contribution in [3.05, 3.63) is 60.2 Å². The molecule has 0 amide bonds. The van der Waals surface area contributed by atoms with Crippen molar-refractivity contribution < 1.29 is 13.2 Å². The second-order valence-electron chi connectivity index (χ2n) is 7.93. The van der Waals surface area contributed by atoms with Crippen LogP contribution < -0.4 is 4.74 Å². The molecule has 0 radical (unpaired) electrons. The minimum Gasteiger partial charge on any atom is -0.492 e. The Morgan fingerprint density at radius 3 is 2.39 bits per heavy atom. The minimum atomic E-state index is -3.54. The van der Waals surface area contributed by atoms with Crippen LogP contribution in [0.5, 0.6) is 5.75 Å². The maximum absolute atomic E-state index is 13.2. The lowest BCUT2D eigenvalue weighted by atomic mass is 9.78. The molecule has 150 valence electrons. The van der Waals surface area contributed by atoms with Crippen molar-refractivity contribution in [3.63, 3.8) is 0 Å². The molecular formula is C22H28N2O3S. The molecule has 2 aromatic carbocycles. The number of nitrogens with zero attached hydrogens (tertiary/aromatic N) is 2. The van der Waals surface area contributed by atoms with Gasteiger partial charge in [0.1, 0.15) is 10.6 Å². The maximum Gasteiger partial charge on any atom is 0.246 e. The summed E-state index contributed by atoms with van der Waals surface area (Å²) in [6.07, 6.45) is 1.88. The maximum atomic E-state index is 13.2. The van der Waals surface area contributed by atoms with Crippen molar-refractivity contribution >= 4 is 10.0 Å². The van der Waals surface area contributed by atoms with Crippen LogP contribution in [-0.2, 0) is 16.6 Å². The van der Waals surface area contributed by atoms with Crippen LogP contribution in [0.2, 0.25) is 0 Å². The minimum absolute atomic E-state index is 0.135. The zero-order chi connectivity index (χ0) is 19.6. The van der Waals surface area contributed by atoms with E-state index in [9.17, 15) is 8.42 Å². The van der Waals surface area contributed by atoms with E-state index in [2.05, 4.69) is 29.2 Å². The predicted octanol–water partition coefficient (Wildman–Crippen LogP) is 3.37. The van der Waals surface area contributed by atoms with E-state index in [1.165, 1.54) is 5.56 Å². The van der Waals surface area contributed by atoms with E-state index in [0.29, 0.717) is 25.4 Å². The van der Waals surface area contributed by atoms with Crippen molar-refractivity contribution in [2.24, 2.45) is 5.41 Å². The van der Waals surface area contributed by atoms with Gasteiger partial charge in [0, 0.05) is 25.0 Å². The molecule has 2 heterocycles. The Morgan fingerprint density at radius 2 is 1.68 bits per heavy atom. The van der Waals surface area contributed by atoms with Gasteiger partial charge in [0.15, 0.2) is 0 Å². The number of rotatable bonds is 3. The van der Waals surface area contributed by atoms with Gasteiger partial charge in [-0.3, -0.25) is 4.90 Å². The fourth-order valence-corrected chi connectivity index (χ4v) is 5.96. The second-order valence-corrected chi connectivity index (χ2v) is 9.83. The van der Waals surface area contributed by atoms with Gasteiger partial charge >= 0.3 is 0 Å². The molecule has 1 saturated heterocycles. The SMILES string of the molecule is CCN1CC2(CCN(Cc3ccccc3)CC2)COc2ccccc2S1(=O)=O. The summed E-state index contributed by atoms with van der Waals surface area (Å²) in [6, 6.07) is 17.5. The first-order valence-electron chi connectivity index (χ1n) is 10.0. The monoisotopic (exact) mass is 400 g/mol.